The zero-order valence-electron chi connectivity index (χ0n) is 14.0. The lowest BCUT2D eigenvalue weighted by Gasteiger charge is -2.39. The maximum absolute atomic E-state index is 13.1. The Labute approximate surface area is 136 Å². The van der Waals surface area contributed by atoms with Crippen LogP contribution in [0.1, 0.15) is 50.4 Å². The number of carbonyl (C=O) groups excluding carboxylic acids is 1. The monoisotopic (exact) mass is 309 g/mol. The Morgan fingerprint density at radius 3 is 2.65 bits per heavy atom. The van der Waals surface area contributed by atoms with Crippen LogP contribution in [0.25, 0.3) is 11.0 Å². The highest BCUT2D eigenvalue weighted by atomic mass is 16.2. The SMILES string of the molecule is CC1(C)CC2CC(C)(CN2C(=O)c2ccc3nccnc3c2)C1. The van der Waals surface area contributed by atoms with Gasteiger partial charge >= 0.3 is 0 Å². The van der Waals surface area contributed by atoms with Gasteiger partial charge in [-0.15, -0.1) is 0 Å². The van der Waals surface area contributed by atoms with E-state index >= 15 is 0 Å². The Morgan fingerprint density at radius 1 is 1.13 bits per heavy atom. The first kappa shape index (κ1) is 14.6. The number of likely N-dealkylation sites (tertiary alicyclic amines) is 1. The van der Waals surface area contributed by atoms with Crippen LogP contribution >= 0.6 is 0 Å². The second-order valence-corrected chi connectivity index (χ2v) is 8.41. The van der Waals surface area contributed by atoms with Gasteiger partial charge < -0.3 is 4.90 Å². The zero-order valence-corrected chi connectivity index (χ0v) is 14.0. The molecule has 4 rings (SSSR count). The van der Waals surface area contributed by atoms with Crippen molar-refractivity contribution in [2.45, 2.75) is 46.1 Å². The topological polar surface area (TPSA) is 46.1 Å². The zero-order chi connectivity index (χ0) is 16.2. The second-order valence-electron chi connectivity index (χ2n) is 8.41. The molecular weight excluding hydrogens is 286 g/mol. The molecule has 23 heavy (non-hydrogen) atoms. The quantitative estimate of drug-likeness (QED) is 0.807. The third-order valence-electron chi connectivity index (χ3n) is 5.39. The third-order valence-corrected chi connectivity index (χ3v) is 5.39. The van der Waals surface area contributed by atoms with Gasteiger partial charge in [0, 0.05) is 30.5 Å². The largest absolute Gasteiger partial charge is 0.335 e. The van der Waals surface area contributed by atoms with Gasteiger partial charge in [-0.3, -0.25) is 14.8 Å². The number of rotatable bonds is 1. The van der Waals surface area contributed by atoms with E-state index in [1.54, 1.807) is 12.4 Å². The molecule has 2 fully saturated rings. The summed E-state index contributed by atoms with van der Waals surface area (Å²) in [6.45, 7) is 7.87. The fourth-order valence-electron chi connectivity index (χ4n) is 4.96. The van der Waals surface area contributed by atoms with Crippen LogP contribution in [0, 0.1) is 10.8 Å². The summed E-state index contributed by atoms with van der Waals surface area (Å²) in [4.78, 5) is 23.8. The van der Waals surface area contributed by atoms with Gasteiger partial charge in [0.25, 0.3) is 5.91 Å². The number of carbonyl (C=O) groups is 1. The average molecular weight is 309 g/mol. The number of hydrogen-bond donors (Lipinski definition) is 0. The lowest BCUT2D eigenvalue weighted by Crippen LogP contribution is -2.37. The molecule has 2 atom stereocenters. The molecule has 2 bridgehead atoms. The normalized spacial score (nSPS) is 29.0. The minimum absolute atomic E-state index is 0.143. The van der Waals surface area contributed by atoms with Crippen molar-refractivity contribution in [3.63, 3.8) is 0 Å². The number of amides is 1. The summed E-state index contributed by atoms with van der Waals surface area (Å²) in [5, 5.41) is 0. The van der Waals surface area contributed by atoms with Gasteiger partial charge in [0.15, 0.2) is 0 Å². The molecule has 1 amide bonds. The maximum Gasteiger partial charge on any atom is 0.254 e. The van der Waals surface area contributed by atoms with Crippen LogP contribution in [-0.2, 0) is 0 Å². The summed E-state index contributed by atoms with van der Waals surface area (Å²) in [6.07, 6.45) is 6.78. The number of aromatic nitrogens is 2. The lowest BCUT2D eigenvalue weighted by atomic mass is 9.65. The molecule has 2 heterocycles. The van der Waals surface area contributed by atoms with E-state index in [4.69, 9.17) is 0 Å². The molecule has 1 aliphatic carbocycles. The fraction of sp³-hybridized carbons (Fsp3) is 0.526. The molecular formula is C19H23N3O. The maximum atomic E-state index is 13.1. The molecule has 1 aromatic carbocycles. The first-order chi connectivity index (χ1) is 10.9. The molecule has 1 saturated heterocycles. The van der Waals surface area contributed by atoms with E-state index in [0.717, 1.165) is 36.0 Å². The minimum Gasteiger partial charge on any atom is -0.335 e. The first-order valence-electron chi connectivity index (χ1n) is 8.37. The number of hydrogen-bond acceptors (Lipinski definition) is 3. The molecule has 4 heteroatoms. The summed E-state index contributed by atoms with van der Waals surface area (Å²) in [5.74, 6) is 0.143. The summed E-state index contributed by atoms with van der Waals surface area (Å²) >= 11 is 0. The van der Waals surface area contributed by atoms with Crippen LogP contribution in [0.2, 0.25) is 0 Å². The van der Waals surface area contributed by atoms with E-state index in [2.05, 4.69) is 35.6 Å². The third kappa shape index (κ3) is 2.50. The Morgan fingerprint density at radius 2 is 1.87 bits per heavy atom. The van der Waals surface area contributed by atoms with Crippen LogP contribution in [-0.4, -0.2) is 33.4 Å². The van der Waals surface area contributed by atoms with Crippen LogP contribution in [0.15, 0.2) is 30.6 Å². The van der Waals surface area contributed by atoms with Gasteiger partial charge in [-0.2, -0.15) is 0 Å². The highest BCUT2D eigenvalue weighted by Crippen LogP contribution is 2.52. The van der Waals surface area contributed by atoms with Crippen molar-refractivity contribution < 1.29 is 4.79 Å². The van der Waals surface area contributed by atoms with Gasteiger partial charge in [-0.25, -0.2) is 0 Å². The van der Waals surface area contributed by atoms with Crippen LogP contribution in [0.5, 0.6) is 0 Å². The summed E-state index contributed by atoms with van der Waals surface area (Å²) in [5.41, 5.74) is 2.93. The van der Waals surface area contributed by atoms with E-state index in [-0.39, 0.29) is 11.3 Å². The van der Waals surface area contributed by atoms with Crippen molar-refractivity contribution in [3.05, 3.63) is 36.2 Å². The summed E-state index contributed by atoms with van der Waals surface area (Å²) in [6, 6.07) is 6.02. The van der Waals surface area contributed by atoms with Crippen LogP contribution in [0.3, 0.4) is 0 Å². The van der Waals surface area contributed by atoms with Crippen molar-refractivity contribution in [2.24, 2.45) is 10.8 Å². The van der Waals surface area contributed by atoms with Gasteiger partial charge in [0.05, 0.1) is 11.0 Å². The average Bonchev–Trinajstić information content (AvgIpc) is 2.75. The fourth-order valence-corrected chi connectivity index (χ4v) is 4.96. The summed E-state index contributed by atoms with van der Waals surface area (Å²) < 4.78 is 0. The van der Waals surface area contributed by atoms with Crippen LogP contribution < -0.4 is 0 Å². The van der Waals surface area contributed by atoms with E-state index < -0.39 is 0 Å². The predicted octanol–water partition coefficient (Wildman–Crippen LogP) is 3.67. The number of fused-ring (bicyclic) bond motifs is 3. The molecule has 2 aliphatic rings. The second kappa shape index (κ2) is 4.76. The molecule has 2 aromatic rings. The van der Waals surface area contributed by atoms with Crippen molar-refractivity contribution in [1.29, 1.82) is 0 Å². The standard InChI is InChI=1S/C19H23N3O/c1-18(2)9-14-10-19(3,11-18)12-22(14)17(23)13-4-5-15-16(8-13)21-7-6-20-15/h4-8,14H,9-12H2,1-3H3. The smallest absolute Gasteiger partial charge is 0.254 e. The Balaban J connectivity index is 1.66. The number of benzene rings is 1. The van der Waals surface area contributed by atoms with Crippen LogP contribution in [0.4, 0.5) is 0 Å². The first-order valence-corrected chi connectivity index (χ1v) is 8.37. The van der Waals surface area contributed by atoms with Crippen molar-refractivity contribution >= 4 is 16.9 Å². The van der Waals surface area contributed by atoms with Gasteiger partial charge in [0.1, 0.15) is 0 Å². The highest BCUT2D eigenvalue weighted by Gasteiger charge is 2.50. The molecule has 1 saturated carbocycles. The molecule has 0 N–H and O–H groups in total. The molecule has 0 spiro atoms. The molecule has 4 nitrogen and oxygen atoms in total. The molecule has 2 unspecified atom stereocenters. The molecule has 1 aliphatic heterocycles. The van der Waals surface area contributed by atoms with Crippen molar-refractivity contribution in [3.8, 4) is 0 Å². The van der Waals surface area contributed by atoms with Gasteiger partial charge in [0.2, 0.25) is 0 Å². The Hall–Kier alpha value is -1.97. The Bertz CT molecular complexity index is 785. The Kier molecular flexibility index (Phi) is 3.03. The van der Waals surface area contributed by atoms with Gasteiger partial charge in [-0.1, -0.05) is 20.8 Å². The van der Waals surface area contributed by atoms with E-state index in [9.17, 15) is 4.79 Å². The van der Waals surface area contributed by atoms with E-state index in [1.807, 2.05) is 18.2 Å². The summed E-state index contributed by atoms with van der Waals surface area (Å²) in [7, 11) is 0. The molecule has 0 radical (unpaired) electrons. The molecule has 120 valence electrons. The van der Waals surface area contributed by atoms with E-state index in [0.29, 0.717) is 11.5 Å². The highest BCUT2D eigenvalue weighted by molar-refractivity contribution is 5.97. The van der Waals surface area contributed by atoms with Crippen molar-refractivity contribution in [1.82, 2.24) is 14.9 Å². The number of nitrogens with zero attached hydrogens (tertiary/aromatic N) is 3. The van der Waals surface area contributed by atoms with E-state index in [1.165, 1.54) is 6.42 Å². The lowest BCUT2D eigenvalue weighted by molar-refractivity contribution is 0.0708. The van der Waals surface area contributed by atoms with Gasteiger partial charge in [-0.05, 0) is 48.3 Å². The predicted molar refractivity (Wildman–Crippen MR) is 90.1 cm³/mol. The molecule has 1 aromatic heterocycles. The minimum atomic E-state index is 0.143. The van der Waals surface area contributed by atoms with Crippen molar-refractivity contribution in [2.75, 3.05) is 6.54 Å².